The highest BCUT2D eigenvalue weighted by Gasteiger charge is 2.10. The van der Waals surface area contributed by atoms with Crippen LogP contribution in [0.4, 0.5) is 4.39 Å². The molecule has 0 spiro atoms. The van der Waals surface area contributed by atoms with Gasteiger partial charge in [0.2, 0.25) is 0 Å². The maximum absolute atomic E-state index is 12.8. The van der Waals surface area contributed by atoms with Crippen molar-refractivity contribution < 1.29 is 13.9 Å². The molecule has 0 aliphatic carbocycles. The molecule has 0 bridgehead atoms. The molecule has 0 fully saturated rings. The molecule has 0 aliphatic rings. The minimum Gasteiger partial charge on any atom is -0.469 e. The van der Waals surface area contributed by atoms with Crippen LogP contribution in [0, 0.1) is 5.82 Å². The summed E-state index contributed by atoms with van der Waals surface area (Å²) in [6.45, 7) is 0. The van der Waals surface area contributed by atoms with Crippen LogP contribution in [0.3, 0.4) is 0 Å². The summed E-state index contributed by atoms with van der Waals surface area (Å²) in [5, 5.41) is 0.360. The standard InChI is InChI=1S/C12H15ClFNO2/c1-17-12(16)5-4-10(15)6-8-2-3-9(14)7-11(8)13/h2-3,7,10H,4-6,15H2,1H3. The van der Waals surface area contributed by atoms with Crippen molar-refractivity contribution in [2.24, 2.45) is 5.73 Å². The van der Waals surface area contributed by atoms with Gasteiger partial charge in [-0.1, -0.05) is 17.7 Å². The highest BCUT2D eigenvalue weighted by atomic mass is 35.5. The van der Waals surface area contributed by atoms with Crippen molar-refractivity contribution in [1.82, 2.24) is 0 Å². The molecule has 0 amide bonds. The molecule has 5 heteroatoms. The zero-order chi connectivity index (χ0) is 12.8. The van der Waals surface area contributed by atoms with Crippen LogP contribution in [-0.4, -0.2) is 19.1 Å². The van der Waals surface area contributed by atoms with E-state index in [-0.39, 0.29) is 24.2 Å². The van der Waals surface area contributed by atoms with Gasteiger partial charge in [0.1, 0.15) is 5.82 Å². The quantitative estimate of drug-likeness (QED) is 0.826. The van der Waals surface area contributed by atoms with Crippen LogP contribution in [0.2, 0.25) is 5.02 Å². The van der Waals surface area contributed by atoms with Gasteiger partial charge in [-0.15, -0.1) is 0 Å². The Labute approximate surface area is 105 Å². The monoisotopic (exact) mass is 259 g/mol. The minimum absolute atomic E-state index is 0.197. The Morgan fingerprint density at radius 2 is 2.29 bits per heavy atom. The van der Waals surface area contributed by atoms with Crippen molar-refractivity contribution in [3.63, 3.8) is 0 Å². The molecule has 17 heavy (non-hydrogen) atoms. The summed E-state index contributed by atoms with van der Waals surface area (Å²) >= 11 is 5.88. The summed E-state index contributed by atoms with van der Waals surface area (Å²) in [5.41, 5.74) is 6.64. The van der Waals surface area contributed by atoms with Gasteiger partial charge in [0.15, 0.2) is 0 Å². The van der Waals surface area contributed by atoms with Crippen molar-refractivity contribution in [3.8, 4) is 0 Å². The Bertz CT molecular complexity index is 398. The first-order chi connectivity index (χ1) is 8.02. The predicted molar refractivity (Wildman–Crippen MR) is 64.3 cm³/mol. The van der Waals surface area contributed by atoms with E-state index in [4.69, 9.17) is 17.3 Å². The van der Waals surface area contributed by atoms with Gasteiger partial charge in [-0.05, 0) is 30.5 Å². The third kappa shape index (κ3) is 4.71. The van der Waals surface area contributed by atoms with E-state index >= 15 is 0 Å². The van der Waals surface area contributed by atoms with Crippen LogP contribution in [0.1, 0.15) is 18.4 Å². The molecule has 0 aromatic heterocycles. The second-order valence-corrected chi connectivity index (χ2v) is 4.22. The number of hydrogen-bond acceptors (Lipinski definition) is 3. The van der Waals surface area contributed by atoms with Crippen LogP contribution < -0.4 is 5.73 Å². The molecular weight excluding hydrogens is 245 g/mol. The lowest BCUT2D eigenvalue weighted by Crippen LogP contribution is -2.24. The van der Waals surface area contributed by atoms with E-state index in [1.165, 1.54) is 19.2 Å². The van der Waals surface area contributed by atoms with E-state index < -0.39 is 0 Å². The van der Waals surface area contributed by atoms with Crippen molar-refractivity contribution in [3.05, 3.63) is 34.6 Å². The normalized spacial score (nSPS) is 12.2. The molecule has 0 aliphatic heterocycles. The topological polar surface area (TPSA) is 52.3 Å². The fourth-order valence-electron chi connectivity index (χ4n) is 1.48. The number of methoxy groups -OCH3 is 1. The summed E-state index contributed by atoms with van der Waals surface area (Å²) in [4.78, 5) is 10.9. The Morgan fingerprint density at radius 1 is 1.59 bits per heavy atom. The molecular formula is C12H15ClFNO2. The second-order valence-electron chi connectivity index (χ2n) is 3.81. The average Bonchev–Trinajstić information content (AvgIpc) is 2.29. The van der Waals surface area contributed by atoms with E-state index in [9.17, 15) is 9.18 Å². The number of nitrogens with two attached hydrogens (primary N) is 1. The molecule has 1 aromatic rings. The first-order valence-electron chi connectivity index (χ1n) is 5.29. The molecule has 94 valence electrons. The molecule has 3 nitrogen and oxygen atoms in total. The maximum atomic E-state index is 12.8. The van der Waals surface area contributed by atoms with Crippen LogP contribution in [0.5, 0.6) is 0 Å². The van der Waals surface area contributed by atoms with Gasteiger partial charge >= 0.3 is 5.97 Å². The largest absolute Gasteiger partial charge is 0.469 e. The van der Waals surface area contributed by atoms with Crippen molar-refractivity contribution >= 4 is 17.6 Å². The molecule has 2 N–H and O–H groups in total. The van der Waals surface area contributed by atoms with Crippen molar-refractivity contribution in [2.75, 3.05) is 7.11 Å². The smallest absolute Gasteiger partial charge is 0.305 e. The first-order valence-corrected chi connectivity index (χ1v) is 5.67. The van der Waals surface area contributed by atoms with E-state index in [1.807, 2.05) is 0 Å². The lowest BCUT2D eigenvalue weighted by Gasteiger charge is -2.12. The van der Waals surface area contributed by atoms with Crippen LogP contribution in [-0.2, 0) is 16.0 Å². The molecule has 1 unspecified atom stereocenters. The molecule has 1 aromatic carbocycles. The number of carbonyl (C=O) groups is 1. The molecule has 1 atom stereocenters. The van der Waals surface area contributed by atoms with Crippen molar-refractivity contribution in [2.45, 2.75) is 25.3 Å². The Balaban J connectivity index is 2.50. The summed E-state index contributed by atoms with van der Waals surface area (Å²) in [5.74, 6) is -0.660. The zero-order valence-electron chi connectivity index (χ0n) is 9.58. The van der Waals surface area contributed by atoms with E-state index in [0.29, 0.717) is 17.9 Å². The predicted octanol–water partition coefficient (Wildman–Crippen LogP) is 2.30. The van der Waals surface area contributed by atoms with Crippen LogP contribution in [0.25, 0.3) is 0 Å². The number of carbonyl (C=O) groups excluding carboxylic acids is 1. The Morgan fingerprint density at radius 3 is 2.88 bits per heavy atom. The fraction of sp³-hybridized carbons (Fsp3) is 0.417. The van der Waals surface area contributed by atoms with Gasteiger partial charge < -0.3 is 10.5 Å². The number of halogens is 2. The highest BCUT2D eigenvalue weighted by Crippen LogP contribution is 2.19. The number of esters is 1. The number of hydrogen-bond donors (Lipinski definition) is 1. The Hall–Kier alpha value is -1.13. The number of rotatable bonds is 5. The zero-order valence-corrected chi connectivity index (χ0v) is 10.3. The van der Waals surface area contributed by atoms with E-state index in [2.05, 4.69) is 4.74 Å². The fourth-order valence-corrected chi connectivity index (χ4v) is 1.72. The minimum atomic E-state index is -0.373. The van der Waals surface area contributed by atoms with E-state index in [0.717, 1.165) is 5.56 Å². The van der Waals surface area contributed by atoms with Gasteiger partial charge in [0.05, 0.1) is 7.11 Å². The van der Waals surface area contributed by atoms with Gasteiger partial charge in [-0.2, -0.15) is 0 Å². The number of benzene rings is 1. The number of ether oxygens (including phenoxy) is 1. The summed E-state index contributed by atoms with van der Waals surface area (Å²) in [6, 6.07) is 4.01. The van der Waals surface area contributed by atoms with Gasteiger partial charge in [-0.25, -0.2) is 4.39 Å². The van der Waals surface area contributed by atoms with E-state index in [1.54, 1.807) is 6.07 Å². The molecule has 0 saturated heterocycles. The van der Waals surface area contributed by atoms with Gasteiger partial charge in [0, 0.05) is 17.5 Å². The third-order valence-electron chi connectivity index (χ3n) is 2.44. The third-order valence-corrected chi connectivity index (χ3v) is 2.80. The lowest BCUT2D eigenvalue weighted by molar-refractivity contribution is -0.140. The van der Waals surface area contributed by atoms with Crippen molar-refractivity contribution in [1.29, 1.82) is 0 Å². The lowest BCUT2D eigenvalue weighted by atomic mass is 10.0. The molecule has 1 rings (SSSR count). The highest BCUT2D eigenvalue weighted by molar-refractivity contribution is 6.31. The van der Waals surface area contributed by atoms with Gasteiger partial charge in [0.25, 0.3) is 0 Å². The Kier molecular flexibility index (Phi) is 5.38. The molecule has 0 heterocycles. The first kappa shape index (κ1) is 13.9. The summed E-state index contributed by atoms with van der Waals surface area (Å²) < 4.78 is 17.3. The summed E-state index contributed by atoms with van der Waals surface area (Å²) in [7, 11) is 1.34. The van der Waals surface area contributed by atoms with Crippen LogP contribution >= 0.6 is 11.6 Å². The molecule has 0 saturated carbocycles. The second kappa shape index (κ2) is 6.57. The summed E-state index contributed by atoms with van der Waals surface area (Å²) in [6.07, 6.45) is 1.30. The maximum Gasteiger partial charge on any atom is 0.305 e. The average molecular weight is 260 g/mol. The molecule has 0 radical (unpaired) electrons. The van der Waals surface area contributed by atoms with Crippen LogP contribution in [0.15, 0.2) is 18.2 Å². The SMILES string of the molecule is COC(=O)CCC(N)Cc1ccc(F)cc1Cl. The van der Waals surface area contributed by atoms with Gasteiger partial charge in [-0.3, -0.25) is 4.79 Å².